The van der Waals surface area contributed by atoms with E-state index in [0.29, 0.717) is 6.42 Å². The standard InChI is InChI=1S/C13H18N2O3/c1-7-5-10-14-13(3-2-4-13)8-6-9(16)12(17)11(8)15(10)18-7/h5,8-9,11-12,16-17H,2-4,6H2,1H3/t8-,9-,11-,12-/m0/s1. The van der Waals surface area contributed by atoms with Gasteiger partial charge < -0.3 is 15.1 Å². The van der Waals surface area contributed by atoms with Crippen LogP contribution in [-0.4, -0.2) is 44.9 Å². The Morgan fingerprint density at radius 3 is 2.89 bits per heavy atom. The molecule has 2 aliphatic heterocycles. The van der Waals surface area contributed by atoms with Crippen LogP contribution >= 0.6 is 0 Å². The molecule has 5 heteroatoms. The molecule has 2 aliphatic carbocycles. The highest BCUT2D eigenvalue weighted by atomic mass is 16.7. The van der Waals surface area contributed by atoms with E-state index < -0.39 is 12.2 Å². The molecule has 98 valence electrons. The van der Waals surface area contributed by atoms with Crippen LogP contribution in [0.1, 0.15) is 32.6 Å². The molecule has 0 aromatic heterocycles. The smallest absolute Gasteiger partial charge is 0.163 e. The highest BCUT2D eigenvalue weighted by Gasteiger charge is 2.60. The number of aliphatic hydroxyl groups excluding tert-OH is 2. The second kappa shape index (κ2) is 3.27. The van der Waals surface area contributed by atoms with Crippen molar-refractivity contribution in [1.82, 2.24) is 5.06 Å². The van der Waals surface area contributed by atoms with Crippen molar-refractivity contribution >= 4 is 5.84 Å². The summed E-state index contributed by atoms with van der Waals surface area (Å²) in [6.45, 7) is 1.89. The summed E-state index contributed by atoms with van der Waals surface area (Å²) in [7, 11) is 0. The fourth-order valence-corrected chi connectivity index (χ4v) is 3.95. The van der Waals surface area contributed by atoms with Gasteiger partial charge in [0.1, 0.15) is 17.9 Å². The lowest BCUT2D eigenvalue weighted by atomic mass is 9.65. The molecule has 0 aromatic carbocycles. The Morgan fingerprint density at radius 1 is 1.44 bits per heavy atom. The van der Waals surface area contributed by atoms with Gasteiger partial charge in [-0.2, -0.15) is 5.06 Å². The molecular formula is C13H18N2O3. The Bertz CT molecular complexity index is 455. The quantitative estimate of drug-likeness (QED) is 0.660. The first-order valence-electron chi connectivity index (χ1n) is 6.72. The molecule has 5 nitrogen and oxygen atoms in total. The molecule has 0 unspecified atom stereocenters. The van der Waals surface area contributed by atoms with E-state index in [1.165, 1.54) is 6.42 Å². The Hall–Kier alpha value is -1.07. The molecule has 2 saturated carbocycles. The molecule has 18 heavy (non-hydrogen) atoms. The van der Waals surface area contributed by atoms with Crippen LogP contribution in [0.3, 0.4) is 0 Å². The van der Waals surface area contributed by atoms with Crippen LogP contribution in [0, 0.1) is 5.92 Å². The number of rotatable bonds is 0. The summed E-state index contributed by atoms with van der Waals surface area (Å²) in [5.41, 5.74) is -0.0561. The fourth-order valence-electron chi connectivity index (χ4n) is 3.95. The van der Waals surface area contributed by atoms with E-state index in [0.717, 1.165) is 24.4 Å². The Morgan fingerprint density at radius 2 is 2.22 bits per heavy atom. The zero-order valence-electron chi connectivity index (χ0n) is 10.4. The van der Waals surface area contributed by atoms with Crippen LogP contribution in [0.15, 0.2) is 16.8 Å². The summed E-state index contributed by atoms with van der Waals surface area (Å²) in [5, 5.41) is 21.9. The topological polar surface area (TPSA) is 65.3 Å². The maximum absolute atomic E-state index is 10.2. The molecule has 0 aromatic rings. The van der Waals surface area contributed by atoms with Crippen molar-refractivity contribution < 1.29 is 15.1 Å². The van der Waals surface area contributed by atoms with Gasteiger partial charge >= 0.3 is 0 Å². The molecule has 2 fully saturated rings. The Kier molecular flexibility index (Phi) is 1.97. The molecule has 4 rings (SSSR count). The number of allylic oxidation sites excluding steroid dienone is 1. The van der Waals surface area contributed by atoms with Gasteiger partial charge in [0.05, 0.1) is 11.6 Å². The lowest BCUT2D eigenvalue weighted by Gasteiger charge is -2.50. The predicted molar refractivity (Wildman–Crippen MR) is 64.6 cm³/mol. The maximum atomic E-state index is 10.2. The van der Waals surface area contributed by atoms with Crippen LogP contribution in [0.25, 0.3) is 0 Å². The van der Waals surface area contributed by atoms with Crippen molar-refractivity contribution in [3.63, 3.8) is 0 Å². The number of hydrogen-bond donors (Lipinski definition) is 2. The predicted octanol–water partition coefficient (Wildman–Crippen LogP) is 0.583. The zero-order chi connectivity index (χ0) is 12.5. The van der Waals surface area contributed by atoms with Crippen LogP contribution in [0.4, 0.5) is 0 Å². The number of fused-ring (bicyclic) bond motifs is 4. The van der Waals surface area contributed by atoms with E-state index in [1.54, 1.807) is 5.06 Å². The van der Waals surface area contributed by atoms with E-state index in [-0.39, 0.29) is 17.5 Å². The molecule has 1 spiro atoms. The van der Waals surface area contributed by atoms with Gasteiger partial charge in [0.2, 0.25) is 0 Å². The third kappa shape index (κ3) is 1.16. The highest BCUT2D eigenvalue weighted by Crippen LogP contribution is 2.53. The van der Waals surface area contributed by atoms with Gasteiger partial charge in [-0.25, -0.2) is 0 Å². The molecule has 2 N–H and O–H groups in total. The number of aliphatic hydroxyl groups is 2. The summed E-state index contributed by atoms with van der Waals surface area (Å²) in [6.07, 6.45) is 4.48. The maximum Gasteiger partial charge on any atom is 0.163 e. The summed E-state index contributed by atoms with van der Waals surface area (Å²) in [4.78, 5) is 10.5. The first-order valence-corrected chi connectivity index (χ1v) is 6.72. The summed E-state index contributed by atoms with van der Waals surface area (Å²) >= 11 is 0. The average Bonchev–Trinajstić information content (AvgIpc) is 2.77. The molecular weight excluding hydrogens is 232 g/mol. The summed E-state index contributed by atoms with van der Waals surface area (Å²) < 4.78 is 0. The van der Waals surface area contributed by atoms with Crippen molar-refractivity contribution in [2.75, 3.05) is 0 Å². The van der Waals surface area contributed by atoms with Crippen molar-refractivity contribution in [2.45, 2.75) is 56.4 Å². The van der Waals surface area contributed by atoms with Crippen molar-refractivity contribution in [2.24, 2.45) is 10.9 Å². The minimum atomic E-state index is -0.739. The van der Waals surface area contributed by atoms with Crippen LogP contribution in [0.2, 0.25) is 0 Å². The summed E-state index contributed by atoms with van der Waals surface area (Å²) in [6, 6.07) is -0.151. The molecule has 4 aliphatic rings. The van der Waals surface area contributed by atoms with Gasteiger partial charge in [-0.1, -0.05) is 0 Å². The second-order valence-corrected chi connectivity index (χ2v) is 5.99. The van der Waals surface area contributed by atoms with E-state index in [4.69, 9.17) is 9.83 Å². The van der Waals surface area contributed by atoms with E-state index >= 15 is 0 Å². The van der Waals surface area contributed by atoms with Gasteiger partial charge in [-0.3, -0.25) is 4.99 Å². The first kappa shape index (κ1) is 10.8. The fraction of sp³-hybridized carbons (Fsp3) is 0.769. The van der Waals surface area contributed by atoms with Crippen molar-refractivity contribution in [3.05, 3.63) is 11.8 Å². The van der Waals surface area contributed by atoms with Crippen molar-refractivity contribution in [3.8, 4) is 0 Å². The molecule has 0 bridgehead atoms. The number of amidine groups is 1. The lowest BCUT2D eigenvalue weighted by Crippen LogP contribution is -2.59. The number of hydrogen-bond acceptors (Lipinski definition) is 5. The average molecular weight is 250 g/mol. The molecule has 4 atom stereocenters. The molecule has 0 amide bonds. The minimum Gasteiger partial charge on any atom is -0.390 e. The minimum absolute atomic E-state index is 0.0561. The number of aliphatic imine (C=N–C) groups is 1. The van der Waals surface area contributed by atoms with Gasteiger partial charge in [-0.15, -0.1) is 0 Å². The number of nitrogens with zero attached hydrogens (tertiary/aromatic N) is 2. The summed E-state index contributed by atoms with van der Waals surface area (Å²) in [5.74, 6) is 1.83. The molecule has 0 saturated heterocycles. The Balaban J connectivity index is 1.79. The van der Waals surface area contributed by atoms with Gasteiger partial charge in [0, 0.05) is 12.0 Å². The molecule has 0 radical (unpaired) electrons. The van der Waals surface area contributed by atoms with E-state index in [2.05, 4.69) is 0 Å². The third-order valence-electron chi connectivity index (χ3n) is 4.97. The lowest BCUT2D eigenvalue weighted by molar-refractivity contribution is -0.136. The normalized spacial score (nSPS) is 43.8. The number of hydroxylamine groups is 2. The Labute approximate surface area is 106 Å². The first-order chi connectivity index (χ1) is 8.61. The van der Waals surface area contributed by atoms with Crippen LogP contribution < -0.4 is 0 Å². The highest BCUT2D eigenvalue weighted by molar-refractivity contribution is 5.95. The monoisotopic (exact) mass is 250 g/mol. The van der Waals surface area contributed by atoms with E-state index in [9.17, 15) is 10.2 Å². The van der Waals surface area contributed by atoms with Crippen LogP contribution in [0.5, 0.6) is 0 Å². The van der Waals surface area contributed by atoms with Crippen LogP contribution in [-0.2, 0) is 4.84 Å². The van der Waals surface area contributed by atoms with Gasteiger partial charge in [-0.05, 0) is 32.6 Å². The molecule has 2 heterocycles. The SMILES string of the molecule is CC1=CC2=NC3(CCC3)[C@H]3C[C@H](O)[C@H](O)[C@H]3N2O1. The zero-order valence-corrected chi connectivity index (χ0v) is 10.4. The van der Waals surface area contributed by atoms with Crippen molar-refractivity contribution in [1.29, 1.82) is 0 Å². The third-order valence-corrected chi connectivity index (χ3v) is 4.97. The van der Waals surface area contributed by atoms with E-state index in [1.807, 2.05) is 13.0 Å². The van der Waals surface area contributed by atoms with Gasteiger partial charge in [0.15, 0.2) is 5.84 Å². The van der Waals surface area contributed by atoms with Gasteiger partial charge in [0.25, 0.3) is 0 Å². The largest absolute Gasteiger partial charge is 0.390 e. The second-order valence-electron chi connectivity index (χ2n) is 5.99.